The summed E-state index contributed by atoms with van der Waals surface area (Å²) in [5.74, 6) is 0. The predicted octanol–water partition coefficient (Wildman–Crippen LogP) is 2.03. The first-order valence-corrected chi connectivity index (χ1v) is 8.08. The molecule has 2 saturated heterocycles. The van der Waals surface area contributed by atoms with Gasteiger partial charge in [0.15, 0.2) is 0 Å². The Kier molecular flexibility index (Phi) is 3.98. The van der Waals surface area contributed by atoms with Gasteiger partial charge in [-0.25, -0.2) is 8.51 Å². The zero-order chi connectivity index (χ0) is 15.9. The number of carbonyl (C=O) groups is 1. The molecule has 1 aromatic carbocycles. The average Bonchev–Trinajstić information content (AvgIpc) is 2.75. The molecular formula is C14H15F3N2O2S. The number of likely N-dealkylation sites (tertiary alicyclic amines) is 1. The van der Waals surface area contributed by atoms with Crippen molar-refractivity contribution in [2.45, 2.75) is 36.0 Å². The second-order valence-corrected chi connectivity index (χ2v) is 6.91. The molecule has 2 aliphatic heterocycles. The molecule has 0 radical (unpaired) electrons. The molecule has 1 amide bonds. The predicted molar refractivity (Wildman–Crippen MR) is 74.1 cm³/mol. The van der Waals surface area contributed by atoms with Crippen LogP contribution in [-0.4, -0.2) is 45.0 Å². The fourth-order valence-corrected chi connectivity index (χ4v) is 4.90. The first kappa shape index (κ1) is 15.5. The highest BCUT2D eigenvalue weighted by atomic mass is 32.2. The molecule has 0 saturated carbocycles. The van der Waals surface area contributed by atoms with Crippen molar-refractivity contribution in [3.8, 4) is 0 Å². The Morgan fingerprint density at radius 3 is 2.27 bits per heavy atom. The van der Waals surface area contributed by atoms with E-state index in [0.717, 1.165) is 25.3 Å². The SMILES string of the molecule is O=CN1CC2CCC(C1)N2S(=O)c1ccccc1C(F)(F)F. The van der Waals surface area contributed by atoms with Crippen LogP contribution in [-0.2, 0) is 22.0 Å². The van der Waals surface area contributed by atoms with Gasteiger partial charge in [0.05, 0.1) is 10.5 Å². The Hall–Kier alpha value is -1.41. The van der Waals surface area contributed by atoms with Crippen LogP contribution in [0.25, 0.3) is 0 Å². The van der Waals surface area contributed by atoms with Crippen LogP contribution in [0.1, 0.15) is 18.4 Å². The quantitative estimate of drug-likeness (QED) is 0.795. The van der Waals surface area contributed by atoms with E-state index in [2.05, 4.69) is 0 Å². The van der Waals surface area contributed by atoms with Crippen LogP contribution >= 0.6 is 0 Å². The number of carbonyl (C=O) groups excluding carboxylic acids is 1. The fourth-order valence-electron chi connectivity index (χ4n) is 3.22. The van der Waals surface area contributed by atoms with E-state index >= 15 is 0 Å². The topological polar surface area (TPSA) is 40.6 Å². The Bertz CT molecular complexity index is 594. The molecule has 120 valence electrons. The van der Waals surface area contributed by atoms with Gasteiger partial charge < -0.3 is 4.90 Å². The van der Waals surface area contributed by atoms with Gasteiger partial charge in [-0.1, -0.05) is 12.1 Å². The largest absolute Gasteiger partial charge is 0.417 e. The van der Waals surface area contributed by atoms with Gasteiger partial charge in [-0.15, -0.1) is 0 Å². The number of halogens is 3. The van der Waals surface area contributed by atoms with Gasteiger partial charge in [-0.05, 0) is 25.0 Å². The highest BCUT2D eigenvalue weighted by Gasteiger charge is 2.45. The molecule has 2 heterocycles. The Morgan fingerprint density at radius 2 is 1.73 bits per heavy atom. The van der Waals surface area contributed by atoms with Crippen LogP contribution in [0.15, 0.2) is 29.2 Å². The van der Waals surface area contributed by atoms with Crippen molar-refractivity contribution in [1.29, 1.82) is 0 Å². The van der Waals surface area contributed by atoms with Gasteiger partial charge in [0.25, 0.3) is 0 Å². The van der Waals surface area contributed by atoms with E-state index in [1.807, 2.05) is 0 Å². The molecule has 3 unspecified atom stereocenters. The summed E-state index contributed by atoms with van der Waals surface area (Å²) in [5, 5.41) is 0. The monoisotopic (exact) mass is 332 g/mol. The van der Waals surface area contributed by atoms with Crippen molar-refractivity contribution in [3.05, 3.63) is 29.8 Å². The van der Waals surface area contributed by atoms with Gasteiger partial charge in [0.2, 0.25) is 6.41 Å². The molecular weight excluding hydrogens is 317 g/mol. The second-order valence-electron chi connectivity index (χ2n) is 5.55. The molecule has 0 aliphatic carbocycles. The van der Waals surface area contributed by atoms with E-state index in [1.165, 1.54) is 18.2 Å². The third-order valence-corrected chi connectivity index (χ3v) is 5.88. The maximum Gasteiger partial charge on any atom is 0.417 e. The highest BCUT2D eigenvalue weighted by molar-refractivity contribution is 7.82. The number of fused-ring (bicyclic) bond motifs is 2. The molecule has 8 heteroatoms. The van der Waals surface area contributed by atoms with Crippen LogP contribution in [0.4, 0.5) is 13.2 Å². The summed E-state index contributed by atoms with van der Waals surface area (Å²) >= 11 is 0. The summed E-state index contributed by atoms with van der Waals surface area (Å²) < 4.78 is 53.7. The van der Waals surface area contributed by atoms with Crippen LogP contribution in [0.5, 0.6) is 0 Å². The average molecular weight is 332 g/mol. The third kappa shape index (κ3) is 2.65. The van der Waals surface area contributed by atoms with Crippen molar-refractivity contribution in [1.82, 2.24) is 9.21 Å². The van der Waals surface area contributed by atoms with Gasteiger partial charge in [0, 0.05) is 25.2 Å². The van der Waals surface area contributed by atoms with Crippen molar-refractivity contribution < 1.29 is 22.2 Å². The van der Waals surface area contributed by atoms with Crippen LogP contribution < -0.4 is 0 Å². The summed E-state index contributed by atoms with van der Waals surface area (Å²) in [6.45, 7) is 0.833. The lowest BCUT2D eigenvalue weighted by Gasteiger charge is -2.38. The van der Waals surface area contributed by atoms with Gasteiger partial charge in [-0.2, -0.15) is 13.2 Å². The van der Waals surface area contributed by atoms with Gasteiger partial charge in [-0.3, -0.25) is 4.79 Å². The van der Waals surface area contributed by atoms with Crippen LogP contribution in [0.3, 0.4) is 0 Å². The minimum absolute atomic E-state index is 0.147. The normalized spacial score (nSPS) is 27.0. The van der Waals surface area contributed by atoms with Crippen LogP contribution in [0, 0.1) is 0 Å². The lowest BCUT2D eigenvalue weighted by molar-refractivity contribution is -0.139. The molecule has 0 N–H and O–H groups in total. The maximum atomic E-state index is 13.1. The molecule has 0 spiro atoms. The third-order valence-electron chi connectivity index (χ3n) is 4.16. The van der Waals surface area contributed by atoms with Crippen LogP contribution in [0.2, 0.25) is 0 Å². The molecule has 2 fully saturated rings. The first-order valence-electron chi connectivity index (χ1n) is 6.97. The molecule has 22 heavy (non-hydrogen) atoms. The van der Waals surface area contributed by atoms with Crippen molar-refractivity contribution >= 4 is 17.4 Å². The van der Waals surface area contributed by atoms with E-state index in [0.29, 0.717) is 13.1 Å². The minimum Gasteiger partial charge on any atom is -0.342 e. The lowest BCUT2D eigenvalue weighted by Crippen LogP contribution is -2.53. The number of piperazine rings is 1. The molecule has 0 aromatic heterocycles. The summed E-state index contributed by atoms with van der Waals surface area (Å²) in [7, 11) is -1.87. The molecule has 4 nitrogen and oxygen atoms in total. The van der Waals surface area contributed by atoms with Crippen molar-refractivity contribution in [3.63, 3.8) is 0 Å². The number of nitrogens with zero attached hydrogens (tertiary/aromatic N) is 2. The summed E-state index contributed by atoms with van der Waals surface area (Å²) in [6, 6.07) is 4.69. The molecule has 1 aromatic rings. The summed E-state index contributed by atoms with van der Waals surface area (Å²) in [6.07, 6.45) is -2.30. The Morgan fingerprint density at radius 1 is 1.14 bits per heavy atom. The number of hydrogen-bond donors (Lipinski definition) is 0. The number of hydrogen-bond acceptors (Lipinski definition) is 2. The number of benzene rings is 1. The van der Waals surface area contributed by atoms with E-state index in [4.69, 9.17) is 0 Å². The number of alkyl halides is 3. The number of rotatable bonds is 3. The standard InChI is InChI=1S/C14H15F3N2O2S/c15-14(16,17)12-3-1-2-4-13(12)22(21)19-10-5-6-11(19)8-18(7-10)9-20/h1-4,9-11H,5-8H2. The number of amides is 1. The fraction of sp³-hybridized carbons (Fsp3) is 0.500. The van der Waals surface area contributed by atoms with Crippen molar-refractivity contribution in [2.24, 2.45) is 0 Å². The lowest BCUT2D eigenvalue weighted by atomic mass is 10.2. The highest BCUT2D eigenvalue weighted by Crippen LogP contribution is 2.38. The summed E-state index contributed by atoms with van der Waals surface area (Å²) in [5.41, 5.74) is -0.856. The minimum atomic E-state index is -4.53. The summed E-state index contributed by atoms with van der Waals surface area (Å²) in [4.78, 5) is 12.3. The molecule has 2 bridgehead atoms. The van der Waals surface area contributed by atoms with Gasteiger partial charge in [0.1, 0.15) is 11.0 Å². The van der Waals surface area contributed by atoms with E-state index in [9.17, 15) is 22.2 Å². The zero-order valence-corrected chi connectivity index (χ0v) is 12.4. The smallest absolute Gasteiger partial charge is 0.342 e. The van der Waals surface area contributed by atoms with E-state index in [-0.39, 0.29) is 17.0 Å². The zero-order valence-electron chi connectivity index (χ0n) is 11.6. The van der Waals surface area contributed by atoms with Gasteiger partial charge >= 0.3 is 6.18 Å². The Labute approximate surface area is 128 Å². The molecule has 3 rings (SSSR count). The molecule has 2 aliphatic rings. The Balaban J connectivity index is 1.92. The van der Waals surface area contributed by atoms with Crippen molar-refractivity contribution in [2.75, 3.05) is 13.1 Å². The molecule has 3 atom stereocenters. The maximum absolute atomic E-state index is 13.1. The van der Waals surface area contributed by atoms with E-state index < -0.39 is 22.7 Å². The second kappa shape index (κ2) is 5.66. The van der Waals surface area contributed by atoms with E-state index in [1.54, 1.807) is 9.21 Å². The first-order chi connectivity index (χ1) is 10.4.